The van der Waals surface area contributed by atoms with Gasteiger partial charge in [-0.1, -0.05) is 12.1 Å². The Balaban J connectivity index is 1.43. The molecule has 1 amide bonds. The van der Waals surface area contributed by atoms with Crippen LogP contribution in [0.15, 0.2) is 36.4 Å². The van der Waals surface area contributed by atoms with Gasteiger partial charge in [-0.3, -0.25) is 4.79 Å². The molecule has 0 saturated carbocycles. The van der Waals surface area contributed by atoms with Crippen LogP contribution in [0, 0.1) is 26.6 Å². The molecular weight excluding hydrogens is 371 g/mol. The second kappa shape index (κ2) is 7.62. The van der Waals surface area contributed by atoms with Crippen molar-refractivity contribution in [1.82, 2.24) is 24.9 Å². The minimum Gasteiger partial charge on any atom is -0.352 e. The molecule has 0 N–H and O–H groups in total. The molecule has 0 aliphatic carbocycles. The summed E-state index contributed by atoms with van der Waals surface area (Å²) in [4.78, 5) is 16.3. The number of aromatic nitrogens is 4. The van der Waals surface area contributed by atoms with Gasteiger partial charge >= 0.3 is 0 Å². The first kappa shape index (κ1) is 19.0. The Hall–Kier alpha value is -3.29. The van der Waals surface area contributed by atoms with Crippen LogP contribution < -0.4 is 4.90 Å². The Labute approximate surface area is 168 Å². The van der Waals surface area contributed by atoms with Gasteiger partial charge in [0, 0.05) is 31.9 Å². The van der Waals surface area contributed by atoms with Crippen LogP contribution in [0.4, 0.5) is 10.2 Å². The summed E-state index contributed by atoms with van der Waals surface area (Å²) in [6.45, 7) is 8.28. The topological polar surface area (TPSA) is 67.2 Å². The van der Waals surface area contributed by atoms with Crippen LogP contribution in [0.3, 0.4) is 0 Å². The number of rotatable bonds is 3. The number of carbonyl (C=O) groups excluding carboxylic acids is 1. The van der Waals surface area contributed by atoms with Crippen molar-refractivity contribution in [1.29, 1.82) is 0 Å². The first-order valence-corrected chi connectivity index (χ1v) is 9.61. The average Bonchev–Trinajstić information content (AvgIpc) is 3.01. The van der Waals surface area contributed by atoms with E-state index in [9.17, 15) is 9.18 Å². The van der Waals surface area contributed by atoms with E-state index in [4.69, 9.17) is 0 Å². The third-order valence-corrected chi connectivity index (χ3v) is 5.50. The summed E-state index contributed by atoms with van der Waals surface area (Å²) >= 11 is 0. The molecule has 1 saturated heterocycles. The quantitative estimate of drug-likeness (QED) is 0.683. The molecule has 29 heavy (non-hydrogen) atoms. The smallest absolute Gasteiger partial charge is 0.256 e. The number of aryl methyl sites for hydroxylation is 1. The molecule has 8 heteroatoms. The molecule has 1 fully saturated rings. The number of carbonyl (C=O) groups is 1. The van der Waals surface area contributed by atoms with E-state index in [2.05, 4.69) is 20.2 Å². The number of anilines is 1. The highest BCUT2D eigenvalue weighted by atomic mass is 19.1. The molecule has 3 aromatic rings. The van der Waals surface area contributed by atoms with Crippen molar-refractivity contribution in [2.75, 3.05) is 31.1 Å². The van der Waals surface area contributed by atoms with Crippen LogP contribution in [0.25, 0.3) is 5.82 Å². The van der Waals surface area contributed by atoms with Crippen LogP contribution in [0.5, 0.6) is 0 Å². The highest BCUT2D eigenvalue weighted by Crippen LogP contribution is 2.19. The zero-order chi connectivity index (χ0) is 20.5. The van der Waals surface area contributed by atoms with Gasteiger partial charge in [0.25, 0.3) is 5.91 Å². The lowest BCUT2D eigenvalue weighted by Gasteiger charge is -2.35. The first-order valence-electron chi connectivity index (χ1n) is 9.61. The molecule has 0 radical (unpaired) electrons. The first-order chi connectivity index (χ1) is 14.0. The maximum atomic E-state index is 13.9. The van der Waals surface area contributed by atoms with Crippen molar-refractivity contribution >= 4 is 11.7 Å². The zero-order valence-electron chi connectivity index (χ0n) is 16.8. The van der Waals surface area contributed by atoms with E-state index in [0.717, 1.165) is 22.8 Å². The number of halogens is 1. The van der Waals surface area contributed by atoms with Gasteiger partial charge in [0.15, 0.2) is 11.6 Å². The van der Waals surface area contributed by atoms with Gasteiger partial charge < -0.3 is 9.80 Å². The van der Waals surface area contributed by atoms with Crippen molar-refractivity contribution in [2.24, 2.45) is 0 Å². The lowest BCUT2D eigenvalue weighted by Crippen LogP contribution is -2.49. The molecule has 4 rings (SSSR count). The Morgan fingerprint density at radius 2 is 1.59 bits per heavy atom. The van der Waals surface area contributed by atoms with Crippen molar-refractivity contribution in [3.05, 3.63) is 64.7 Å². The number of hydrogen-bond donors (Lipinski definition) is 0. The number of nitrogens with zero attached hydrogens (tertiary/aromatic N) is 6. The Morgan fingerprint density at radius 3 is 2.17 bits per heavy atom. The fraction of sp³-hybridized carbons (Fsp3) is 0.333. The molecule has 0 unspecified atom stereocenters. The predicted octanol–water partition coefficient (Wildman–Crippen LogP) is 2.69. The highest BCUT2D eigenvalue weighted by Gasteiger charge is 2.24. The van der Waals surface area contributed by atoms with Crippen molar-refractivity contribution in [3.8, 4) is 5.82 Å². The third kappa shape index (κ3) is 3.57. The normalized spacial score (nSPS) is 14.3. The average molecular weight is 394 g/mol. The summed E-state index contributed by atoms with van der Waals surface area (Å²) in [6.07, 6.45) is 0. The molecular formula is C21H23FN6O. The number of piperazine rings is 1. The summed E-state index contributed by atoms with van der Waals surface area (Å²) < 4.78 is 15.7. The molecule has 3 heterocycles. The summed E-state index contributed by atoms with van der Waals surface area (Å²) in [5.41, 5.74) is 3.28. The fourth-order valence-electron chi connectivity index (χ4n) is 3.49. The molecule has 2 aromatic heterocycles. The van der Waals surface area contributed by atoms with Crippen LogP contribution >= 0.6 is 0 Å². The number of hydrogen-bond acceptors (Lipinski definition) is 5. The largest absolute Gasteiger partial charge is 0.352 e. The minimum atomic E-state index is -0.485. The van der Waals surface area contributed by atoms with Gasteiger partial charge in [-0.2, -0.15) is 5.10 Å². The van der Waals surface area contributed by atoms with Crippen molar-refractivity contribution in [3.63, 3.8) is 0 Å². The van der Waals surface area contributed by atoms with E-state index in [0.29, 0.717) is 32.0 Å². The van der Waals surface area contributed by atoms with Crippen molar-refractivity contribution < 1.29 is 9.18 Å². The number of amides is 1. The van der Waals surface area contributed by atoms with E-state index in [-0.39, 0.29) is 11.5 Å². The third-order valence-electron chi connectivity index (χ3n) is 5.50. The standard InChI is InChI=1S/C21H23FN6O/c1-14-15(2)25-28(16(14)3)20-9-8-19(23-24-20)26-10-12-27(13-11-26)21(29)17-6-4-5-7-18(17)22/h4-9H,10-13H2,1-3H3. The molecule has 0 bridgehead atoms. The molecule has 1 aliphatic rings. The van der Waals surface area contributed by atoms with Gasteiger partial charge in [-0.15, -0.1) is 10.2 Å². The Morgan fingerprint density at radius 1 is 0.931 bits per heavy atom. The maximum Gasteiger partial charge on any atom is 0.256 e. The monoisotopic (exact) mass is 394 g/mol. The Kier molecular flexibility index (Phi) is 5.00. The molecule has 0 atom stereocenters. The molecule has 7 nitrogen and oxygen atoms in total. The van der Waals surface area contributed by atoms with Gasteiger partial charge in [0.2, 0.25) is 0 Å². The van der Waals surface area contributed by atoms with Gasteiger partial charge in [0.05, 0.1) is 11.3 Å². The molecule has 0 spiro atoms. The van der Waals surface area contributed by atoms with Gasteiger partial charge in [0.1, 0.15) is 5.82 Å². The molecule has 1 aliphatic heterocycles. The van der Waals surface area contributed by atoms with E-state index < -0.39 is 5.82 Å². The lowest BCUT2D eigenvalue weighted by atomic mass is 10.1. The maximum absolute atomic E-state index is 13.9. The zero-order valence-corrected chi connectivity index (χ0v) is 16.8. The van der Waals surface area contributed by atoms with Crippen molar-refractivity contribution in [2.45, 2.75) is 20.8 Å². The lowest BCUT2D eigenvalue weighted by molar-refractivity contribution is 0.0742. The van der Waals surface area contributed by atoms with E-state index in [1.54, 1.807) is 21.7 Å². The minimum absolute atomic E-state index is 0.116. The summed E-state index contributed by atoms with van der Waals surface area (Å²) in [7, 11) is 0. The molecule has 150 valence electrons. The van der Waals surface area contributed by atoms with Crippen LogP contribution in [-0.4, -0.2) is 57.0 Å². The van der Waals surface area contributed by atoms with Crippen LogP contribution in [-0.2, 0) is 0 Å². The summed E-state index contributed by atoms with van der Waals surface area (Å²) in [5.74, 6) is 0.672. The highest BCUT2D eigenvalue weighted by molar-refractivity contribution is 5.94. The molecule has 1 aromatic carbocycles. The summed E-state index contributed by atoms with van der Waals surface area (Å²) in [6, 6.07) is 9.91. The van der Waals surface area contributed by atoms with Crippen LogP contribution in [0.2, 0.25) is 0 Å². The van der Waals surface area contributed by atoms with Gasteiger partial charge in [-0.05, 0) is 50.6 Å². The van der Waals surface area contributed by atoms with Gasteiger partial charge in [-0.25, -0.2) is 9.07 Å². The Bertz CT molecular complexity index is 1040. The predicted molar refractivity (Wildman–Crippen MR) is 108 cm³/mol. The second-order valence-corrected chi connectivity index (χ2v) is 7.22. The van der Waals surface area contributed by atoms with Crippen LogP contribution in [0.1, 0.15) is 27.3 Å². The van der Waals surface area contributed by atoms with E-state index in [1.807, 2.05) is 32.9 Å². The SMILES string of the molecule is Cc1nn(-c2ccc(N3CCN(C(=O)c4ccccc4F)CC3)nn2)c(C)c1C. The van der Waals surface area contributed by atoms with E-state index >= 15 is 0 Å². The second-order valence-electron chi connectivity index (χ2n) is 7.22. The summed E-state index contributed by atoms with van der Waals surface area (Å²) in [5, 5.41) is 13.2. The van der Waals surface area contributed by atoms with E-state index in [1.165, 1.54) is 12.1 Å². The number of benzene rings is 1. The fourth-order valence-corrected chi connectivity index (χ4v) is 3.49.